The molecule has 0 saturated carbocycles. The summed E-state index contributed by atoms with van der Waals surface area (Å²) >= 11 is 6.24. The van der Waals surface area contributed by atoms with Gasteiger partial charge >= 0.3 is 0 Å². The Balaban J connectivity index is 2.13. The molecule has 8 heteroatoms. The zero-order chi connectivity index (χ0) is 15.6. The standard InChI is InChI=1S/C13H14BrN3O2S2/c1-6(18)11-10(15)9(12(16)19)13(21-11)17-5-4-7-2-3-8(14)20-7/h2-3,17H,4-5,15H2,1H3,(H2,16,19). The predicted molar refractivity (Wildman–Crippen MR) is 91.5 cm³/mol. The number of carbonyl (C=O) groups excluding carboxylic acids is 2. The van der Waals surface area contributed by atoms with E-state index in [9.17, 15) is 9.59 Å². The van der Waals surface area contributed by atoms with Gasteiger partial charge in [0, 0.05) is 18.3 Å². The Morgan fingerprint density at radius 1 is 1.33 bits per heavy atom. The van der Waals surface area contributed by atoms with Crippen LogP contribution < -0.4 is 16.8 Å². The fraction of sp³-hybridized carbons (Fsp3) is 0.231. The first-order valence-electron chi connectivity index (χ1n) is 6.11. The smallest absolute Gasteiger partial charge is 0.253 e. The molecule has 0 fully saturated rings. The Kier molecular flexibility index (Phi) is 5.02. The van der Waals surface area contributed by atoms with Crippen LogP contribution in [0.2, 0.25) is 0 Å². The third kappa shape index (κ3) is 3.63. The number of amides is 1. The predicted octanol–water partition coefficient (Wildman–Crippen LogP) is 3.11. The Bertz CT molecular complexity index is 694. The van der Waals surface area contributed by atoms with Gasteiger partial charge in [-0.05, 0) is 34.5 Å². The van der Waals surface area contributed by atoms with Gasteiger partial charge < -0.3 is 16.8 Å². The normalized spacial score (nSPS) is 10.6. The zero-order valence-electron chi connectivity index (χ0n) is 11.2. The molecule has 0 unspecified atom stereocenters. The van der Waals surface area contributed by atoms with E-state index in [1.807, 2.05) is 12.1 Å². The lowest BCUT2D eigenvalue weighted by Gasteiger charge is -2.04. The molecule has 2 aromatic heterocycles. The van der Waals surface area contributed by atoms with Gasteiger partial charge in [0.25, 0.3) is 5.91 Å². The first kappa shape index (κ1) is 16.0. The van der Waals surface area contributed by atoms with Crippen LogP contribution in [0.4, 0.5) is 10.7 Å². The number of ketones is 1. The fourth-order valence-corrected chi connectivity index (χ4v) is 4.39. The second-order valence-electron chi connectivity index (χ2n) is 4.35. The molecule has 2 heterocycles. The number of hydrogen-bond acceptors (Lipinski definition) is 6. The number of rotatable bonds is 6. The van der Waals surface area contributed by atoms with Crippen LogP contribution >= 0.6 is 38.6 Å². The summed E-state index contributed by atoms with van der Waals surface area (Å²) in [5.74, 6) is -0.798. The topological polar surface area (TPSA) is 98.2 Å². The van der Waals surface area contributed by atoms with E-state index in [1.165, 1.54) is 23.1 Å². The monoisotopic (exact) mass is 387 g/mol. The Hall–Kier alpha value is -1.38. The van der Waals surface area contributed by atoms with Gasteiger partial charge in [-0.25, -0.2) is 0 Å². The average molecular weight is 388 g/mol. The van der Waals surface area contributed by atoms with Gasteiger partial charge in [0.05, 0.1) is 19.9 Å². The molecule has 0 aliphatic carbocycles. The van der Waals surface area contributed by atoms with Crippen molar-refractivity contribution in [2.75, 3.05) is 17.6 Å². The lowest BCUT2D eigenvalue weighted by molar-refractivity contribution is 0.100. The number of thiophene rings is 2. The number of hydrogen-bond donors (Lipinski definition) is 3. The van der Waals surface area contributed by atoms with E-state index in [0.29, 0.717) is 16.4 Å². The summed E-state index contributed by atoms with van der Waals surface area (Å²) in [5, 5.41) is 3.70. The van der Waals surface area contributed by atoms with Crippen LogP contribution in [0.5, 0.6) is 0 Å². The maximum Gasteiger partial charge on any atom is 0.253 e. The molecule has 5 N–H and O–H groups in total. The first-order chi connectivity index (χ1) is 9.90. The zero-order valence-corrected chi connectivity index (χ0v) is 14.5. The van der Waals surface area contributed by atoms with E-state index in [0.717, 1.165) is 10.2 Å². The number of carbonyl (C=O) groups is 2. The first-order valence-corrected chi connectivity index (χ1v) is 8.53. The molecule has 2 aromatic rings. The van der Waals surface area contributed by atoms with E-state index >= 15 is 0 Å². The summed E-state index contributed by atoms with van der Waals surface area (Å²) in [6.07, 6.45) is 0.807. The molecule has 0 aliphatic rings. The average Bonchev–Trinajstić information content (AvgIpc) is 2.93. The number of nitrogens with two attached hydrogens (primary N) is 2. The van der Waals surface area contributed by atoms with Crippen LogP contribution in [-0.2, 0) is 6.42 Å². The maximum atomic E-state index is 11.5. The summed E-state index contributed by atoms with van der Waals surface area (Å²) in [6, 6.07) is 4.03. The number of primary amides is 1. The maximum absolute atomic E-state index is 11.5. The summed E-state index contributed by atoms with van der Waals surface area (Å²) < 4.78 is 1.08. The molecular formula is C13H14BrN3O2S2. The Morgan fingerprint density at radius 3 is 2.57 bits per heavy atom. The van der Waals surface area contributed by atoms with Gasteiger partial charge in [-0.1, -0.05) is 0 Å². The van der Waals surface area contributed by atoms with E-state index in [-0.39, 0.29) is 17.0 Å². The van der Waals surface area contributed by atoms with Crippen molar-refractivity contribution in [3.8, 4) is 0 Å². The number of nitrogens with one attached hydrogen (secondary N) is 1. The summed E-state index contributed by atoms with van der Waals surface area (Å²) in [4.78, 5) is 24.6. The van der Waals surface area contributed by atoms with Crippen LogP contribution in [-0.4, -0.2) is 18.2 Å². The minimum atomic E-state index is -0.627. The van der Waals surface area contributed by atoms with Gasteiger partial charge in [-0.3, -0.25) is 9.59 Å². The summed E-state index contributed by atoms with van der Waals surface area (Å²) in [7, 11) is 0. The van der Waals surface area contributed by atoms with Crippen molar-refractivity contribution in [1.29, 1.82) is 0 Å². The third-order valence-corrected chi connectivity index (χ3v) is 5.74. The molecule has 2 rings (SSSR count). The van der Waals surface area contributed by atoms with E-state index in [1.54, 1.807) is 11.3 Å². The SMILES string of the molecule is CC(=O)c1sc(NCCc2ccc(Br)s2)c(C(N)=O)c1N. The summed E-state index contributed by atoms with van der Waals surface area (Å²) in [6.45, 7) is 2.05. The highest BCUT2D eigenvalue weighted by molar-refractivity contribution is 9.11. The molecule has 0 saturated heterocycles. The van der Waals surface area contributed by atoms with Crippen molar-refractivity contribution >= 4 is 61.0 Å². The van der Waals surface area contributed by atoms with E-state index in [2.05, 4.69) is 21.2 Å². The van der Waals surface area contributed by atoms with Crippen molar-refractivity contribution < 1.29 is 9.59 Å². The lowest BCUT2D eigenvalue weighted by atomic mass is 10.2. The molecular weight excluding hydrogens is 374 g/mol. The number of anilines is 2. The highest BCUT2D eigenvalue weighted by atomic mass is 79.9. The quantitative estimate of drug-likeness (QED) is 0.663. The highest BCUT2D eigenvalue weighted by Gasteiger charge is 2.22. The molecule has 0 aliphatic heterocycles. The Labute approximate surface area is 138 Å². The highest BCUT2D eigenvalue weighted by Crippen LogP contribution is 2.35. The lowest BCUT2D eigenvalue weighted by Crippen LogP contribution is -2.15. The number of halogens is 1. The van der Waals surface area contributed by atoms with Crippen molar-refractivity contribution in [1.82, 2.24) is 0 Å². The van der Waals surface area contributed by atoms with Gasteiger partial charge in [0.2, 0.25) is 0 Å². The second kappa shape index (κ2) is 6.59. The van der Waals surface area contributed by atoms with E-state index in [4.69, 9.17) is 11.5 Å². The molecule has 5 nitrogen and oxygen atoms in total. The molecule has 0 radical (unpaired) electrons. The van der Waals surface area contributed by atoms with Crippen molar-refractivity contribution in [3.63, 3.8) is 0 Å². The Morgan fingerprint density at radius 2 is 2.05 bits per heavy atom. The van der Waals surface area contributed by atoms with Gasteiger partial charge in [0.1, 0.15) is 5.00 Å². The van der Waals surface area contributed by atoms with Crippen LogP contribution in [0, 0.1) is 0 Å². The minimum absolute atomic E-state index is 0.168. The molecule has 0 bridgehead atoms. The third-order valence-electron chi connectivity index (χ3n) is 2.80. The van der Waals surface area contributed by atoms with Gasteiger partial charge in [0.15, 0.2) is 5.78 Å². The minimum Gasteiger partial charge on any atom is -0.397 e. The molecule has 112 valence electrons. The van der Waals surface area contributed by atoms with Crippen molar-refractivity contribution in [2.24, 2.45) is 5.73 Å². The van der Waals surface area contributed by atoms with Crippen molar-refractivity contribution in [2.45, 2.75) is 13.3 Å². The van der Waals surface area contributed by atoms with Crippen LogP contribution in [0.1, 0.15) is 31.8 Å². The molecule has 1 amide bonds. The van der Waals surface area contributed by atoms with Crippen LogP contribution in [0.3, 0.4) is 0 Å². The van der Waals surface area contributed by atoms with E-state index < -0.39 is 5.91 Å². The van der Waals surface area contributed by atoms with Crippen LogP contribution in [0.15, 0.2) is 15.9 Å². The molecule has 0 spiro atoms. The summed E-state index contributed by atoms with van der Waals surface area (Å²) in [5.41, 5.74) is 11.6. The fourth-order valence-electron chi connectivity index (χ4n) is 1.86. The van der Waals surface area contributed by atoms with Crippen LogP contribution in [0.25, 0.3) is 0 Å². The second-order valence-corrected chi connectivity index (χ2v) is 7.92. The molecule has 0 aromatic carbocycles. The van der Waals surface area contributed by atoms with Gasteiger partial charge in [-0.15, -0.1) is 22.7 Å². The number of Topliss-reactive ketones (excluding diaryl/α,β-unsaturated/α-hetero) is 1. The molecule has 0 atom stereocenters. The van der Waals surface area contributed by atoms with Gasteiger partial charge in [-0.2, -0.15) is 0 Å². The van der Waals surface area contributed by atoms with Crippen molar-refractivity contribution in [3.05, 3.63) is 31.2 Å². The molecule has 21 heavy (non-hydrogen) atoms. The number of nitrogen functional groups attached to an aromatic ring is 1. The largest absolute Gasteiger partial charge is 0.397 e.